The number of aromatic nitrogens is 1. The molecule has 0 radical (unpaired) electrons. The number of rotatable bonds is 4. The predicted molar refractivity (Wildman–Crippen MR) is 67.4 cm³/mol. The normalized spacial score (nSPS) is 15.2. The molecule has 0 atom stereocenters. The van der Waals surface area contributed by atoms with Crippen molar-refractivity contribution in [3.8, 4) is 10.4 Å². The van der Waals surface area contributed by atoms with Crippen molar-refractivity contribution >= 4 is 11.3 Å². The highest BCUT2D eigenvalue weighted by molar-refractivity contribution is 7.13. The van der Waals surface area contributed by atoms with Gasteiger partial charge < -0.3 is 5.32 Å². The molecule has 0 bridgehead atoms. The zero-order valence-corrected chi connectivity index (χ0v) is 9.83. The zero-order valence-electron chi connectivity index (χ0n) is 9.02. The van der Waals surface area contributed by atoms with Crippen molar-refractivity contribution in [1.82, 2.24) is 10.3 Å². The Labute approximate surface area is 99.4 Å². The Balaban J connectivity index is 1.76. The van der Waals surface area contributed by atoms with Crippen LogP contribution in [0.5, 0.6) is 0 Å². The summed E-state index contributed by atoms with van der Waals surface area (Å²) < 4.78 is 0. The lowest BCUT2D eigenvalue weighted by molar-refractivity contribution is 0.686. The lowest BCUT2D eigenvalue weighted by Gasteiger charge is -2.04. The van der Waals surface area contributed by atoms with E-state index in [2.05, 4.69) is 33.9 Å². The number of nitrogens with zero attached hydrogens (tertiary/aromatic N) is 1. The average molecular weight is 230 g/mol. The number of hydrogen-bond donors (Lipinski definition) is 1. The van der Waals surface area contributed by atoms with Crippen LogP contribution >= 0.6 is 11.3 Å². The third-order valence-electron chi connectivity index (χ3n) is 2.77. The van der Waals surface area contributed by atoms with Gasteiger partial charge in [-0.25, -0.2) is 0 Å². The molecule has 3 rings (SSSR count). The molecule has 2 heterocycles. The Morgan fingerprint density at radius 2 is 2.31 bits per heavy atom. The van der Waals surface area contributed by atoms with Crippen LogP contribution in [0.1, 0.15) is 18.4 Å². The second-order valence-corrected chi connectivity index (χ2v) is 5.16. The molecule has 0 spiro atoms. The summed E-state index contributed by atoms with van der Waals surface area (Å²) in [6.07, 6.45) is 6.55. The number of thiophene rings is 1. The van der Waals surface area contributed by atoms with E-state index in [1.165, 1.54) is 28.8 Å². The lowest BCUT2D eigenvalue weighted by atomic mass is 10.2. The van der Waals surface area contributed by atoms with E-state index in [0.717, 1.165) is 12.6 Å². The third-order valence-corrected chi connectivity index (χ3v) is 3.69. The minimum atomic E-state index is 0.755. The van der Waals surface area contributed by atoms with Crippen LogP contribution in [0.2, 0.25) is 0 Å². The van der Waals surface area contributed by atoms with E-state index in [1.54, 1.807) is 11.3 Å². The maximum atomic E-state index is 4.31. The van der Waals surface area contributed by atoms with Crippen LogP contribution in [0.15, 0.2) is 36.0 Å². The summed E-state index contributed by atoms with van der Waals surface area (Å²) in [5, 5.41) is 5.61. The molecule has 0 aliphatic heterocycles. The number of hydrogen-bond acceptors (Lipinski definition) is 3. The minimum Gasteiger partial charge on any atom is -0.310 e. The molecule has 1 aliphatic rings. The highest BCUT2D eigenvalue weighted by Gasteiger charge is 2.19. The standard InChI is InChI=1S/C13H14N2S/c1-2-13(16-5-1)11-6-10(7-14-9-11)8-15-12-3-4-12/h1-2,5-7,9,12,15H,3-4,8H2. The van der Waals surface area contributed by atoms with Gasteiger partial charge >= 0.3 is 0 Å². The van der Waals surface area contributed by atoms with Crippen molar-refractivity contribution in [1.29, 1.82) is 0 Å². The van der Waals surface area contributed by atoms with Crippen molar-refractivity contribution in [2.45, 2.75) is 25.4 Å². The molecule has 0 saturated heterocycles. The molecule has 0 unspecified atom stereocenters. The van der Waals surface area contributed by atoms with Gasteiger partial charge in [0.2, 0.25) is 0 Å². The summed E-state index contributed by atoms with van der Waals surface area (Å²) in [4.78, 5) is 5.60. The summed E-state index contributed by atoms with van der Waals surface area (Å²) in [6.45, 7) is 0.941. The van der Waals surface area contributed by atoms with Crippen LogP contribution in [0, 0.1) is 0 Å². The van der Waals surface area contributed by atoms with Gasteiger partial charge in [0.25, 0.3) is 0 Å². The summed E-state index contributed by atoms with van der Waals surface area (Å²) >= 11 is 1.76. The minimum absolute atomic E-state index is 0.755. The van der Waals surface area contributed by atoms with E-state index in [-0.39, 0.29) is 0 Å². The maximum absolute atomic E-state index is 4.31. The van der Waals surface area contributed by atoms with Gasteiger partial charge in [0.05, 0.1) is 0 Å². The maximum Gasteiger partial charge on any atom is 0.0358 e. The van der Waals surface area contributed by atoms with E-state index < -0.39 is 0 Å². The molecule has 0 aromatic carbocycles. The topological polar surface area (TPSA) is 24.9 Å². The van der Waals surface area contributed by atoms with Crippen molar-refractivity contribution < 1.29 is 0 Å². The van der Waals surface area contributed by atoms with Crippen LogP contribution in [0.3, 0.4) is 0 Å². The van der Waals surface area contributed by atoms with Gasteiger partial charge in [-0.2, -0.15) is 0 Å². The van der Waals surface area contributed by atoms with Gasteiger partial charge in [0.15, 0.2) is 0 Å². The number of pyridine rings is 1. The molecule has 0 amide bonds. The SMILES string of the molecule is c1csc(-c2cncc(CNC3CC3)c2)c1. The van der Waals surface area contributed by atoms with Crippen LogP contribution < -0.4 is 5.32 Å². The monoisotopic (exact) mass is 230 g/mol. The first-order valence-electron chi connectivity index (χ1n) is 5.63. The highest BCUT2D eigenvalue weighted by Crippen LogP contribution is 2.25. The molecule has 1 N–H and O–H groups in total. The van der Waals surface area contributed by atoms with E-state index in [1.807, 2.05) is 12.4 Å². The Hall–Kier alpha value is -1.19. The quantitative estimate of drug-likeness (QED) is 0.873. The van der Waals surface area contributed by atoms with E-state index in [4.69, 9.17) is 0 Å². The van der Waals surface area contributed by atoms with Crippen LogP contribution in [0.4, 0.5) is 0 Å². The van der Waals surface area contributed by atoms with Crippen LogP contribution in [0.25, 0.3) is 10.4 Å². The fourth-order valence-corrected chi connectivity index (χ4v) is 2.42. The van der Waals surface area contributed by atoms with Gasteiger partial charge in [0.1, 0.15) is 0 Å². The largest absolute Gasteiger partial charge is 0.310 e. The summed E-state index contributed by atoms with van der Waals surface area (Å²) in [5.41, 5.74) is 2.50. The van der Waals surface area contributed by atoms with Gasteiger partial charge in [-0.3, -0.25) is 4.98 Å². The van der Waals surface area contributed by atoms with E-state index in [0.29, 0.717) is 0 Å². The van der Waals surface area contributed by atoms with Gasteiger partial charge in [-0.15, -0.1) is 11.3 Å². The second-order valence-electron chi connectivity index (χ2n) is 4.21. The first-order chi connectivity index (χ1) is 7.92. The number of nitrogens with one attached hydrogen (secondary N) is 1. The van der Waals surface area contributed by atoms with Gasteiger partial charge in [-0.05, 0) is 35.9 Å². The van der Waals surface area contributed by atoms with E-state index >= 15 is 0 Å². The molecule has 82 valence electrons. The van der Waals surface area contributed by atoms with Gasteiger partial charge in [-0.1, -0.05) is 6.07 Å². The molecule has 2 nitrogen and oxygen atoms in total. The summed E-state index contributed by atoms with van der Waals surface area (Å²) in [6, 6.07) is 7.20. The molecular weight excluding hydrogens is 216 g/mol. The summed E-state index contributed by atoms with van der Waals surface area (Å²) in [5.74, 6) is 0. The molecule has 1 saturated carbocycles. The predicted octanol–water partition coefficient (Wildman–Crippen LogP) is 3.06. The Morgan fingerprint density at radius 1 is 1.38 bits per heavy atom. The smallest absolute Gasteiger partial charge is 0.0358 e. The van der Waals surface area contributed by atoms with Crippen LogP contribution in [-0.4, -0.2) is 11.0 Å². The van der Waals surface area contributed by atoms with Gasteiger partial charge in [0, 0.05) is 35.4 Å². The van der Waals surface area contributed by atoms with Crippen molar-refractivity contribution in [2.24, 2.45) is 0 Å². The molecule has 3 heteroatoms. The molecule has 2 aromatic rings. The first-order valence-corrected chi connectivity index (χ1v) is 6.51. The van der Waals surface area contributed by atoms with Crippen molar-refractivity contribution in [3.63, 3.8) is 0 Å². The van der Waals surface area contributed by atoms with Crippen molar-refractivity contribution in [2.75, 3.05) is 0 Å². The lowest BCUT2D eigenvalue weighted by Crippen LogP contribution is -2.15. The molecule has 1 fully saturated rings. The molecular formula is C13H14N2S. The Kier molecular flexibility index (Phi) is 2.72. The Morgan fingerprint density at radius 3 is 3.06 bits per heavy atom. The highest BCUT2D eigenvalue weighted by atomic mass is 32.1. The fraction of sp³-hybridized carbons (Fsp3) is 0.308. The zero-order chi connectivity index (χ0) is 10.8. The fourth-order valence-electron chi connectivity index (χ4n) is 1.71. The molecule has 16 heavy (non-hydrogen) atoms. The van der Waals surface area contributed by atoms with E-state index in [9.17, 15) is 0 Å². The Bertz CT molecular complexity index is 461. The molecule has 1 aliphatic carbocycles. The van der Waals surface area contributed by atoms with Crippen molar-refractivity contribution in [3.05, 3.63) is 41.5 Å². The first kappa shape index (κ1) is 10.00. The van der Waals surface area contributed by atoms with Crippen LogP contribution in [-0.2, 0) is 6.54 Å². The second kappa shape index (κ2) is 4.36. The average Bonchev–Trinajstić information content (AvgIpc) is 2.99. The molecule has 2 aromatic heterocycles. The summed E-state index contributed by atoms with van der Waals surface area (Å²) in [7, 11) is 0. The third kappa shape index (κ3) is 2.31.